The number of hydrogen-bond acceptors (Lipinski definition) is 2. The standard InChI is InChI=1S/C23H26Cl2N4S/c24-18-10-2-4-12-20(18)26-22(27-14-6-1-7-15-27)29(21-13-5-3-11-19(21)25)23(30)28-16-8-9-17-28/h2-5,10-13H,1,6-9,14-17H2. The van der Waals surface area contributed by atoms with Gasteiger partial charge in [0.05, 0.1) is 21.4 Å². The van der Waals surface area contributed by atoms with Crippen molar-refractivity contribution in [3.8, 4) is 0 Å². The Balaban J connectivity index is 1.84. The van der Waals surface area contributed by atoms with Crippen LogP contribution in [0.5, 0.6) is 0 Å². The first kappa shape index (κ1) is 21.4. The van der Waals surface area contributed by atoms with Gasteiger partial charge in [-0.3, -0.25) is 4.90 Å². The summed E-state index contributed by atoms with van der Waals surface area (Å²) in [7, 11) is 0. The highest BCUT2D eigenvalue weighted by Gasteiger charge is 2.30. The van der Waals surface area contributed by atoms with Gasteiger partial charge < -0.3 is 9.80 Å². The summed E-state index contributed by atoms with van der Waals surface area (Å²) in [5.74, 6) is 0.799. The number of likely N-dealkylation sites (tertiary alicyclic amines) is 2. The van der Waals surface area contributed by atoms with Gasteiger partial charge in [0.25, 0.3) is 0 Å². The van der Waals surface area contributed by atoms with Gasteiger partial charge in [0.2, 0.25) is 5.96 Å². The molecule has 158 valence electrons. The maximum atomic E-state index is 6.67. The summed E-state index contributed by atoms with van der Waals surface area (Å²) in [6, 6.07) is 15.5. The van der Waals surface area contributed by atoms with Crippen LogP contribution in [0.25, 0.3) is 0 Å². The average Bonchev–Trinajstić information content (AvgIpc) is 3.31. The summed E-state index contributed by atoms with van der Waals surface area (Å²) in [4.78, 5) is 11.7. The predicted molar refractivity (Wildman–Crippen MR) is 131 cm³/mol. The summed E-state index contributed by atoms with van der Waals surface area (Å²) < 4.78 is 0. The minimum absolute atomic E-state index is 0.623. The molecule has 7 heteroatoms. The number of aliphatic imine (C=N–C) groups is 1. The van der Waals surface area contributed by atoms with Crippen LogP contribution >= 0.6 is 35.4 Å². The molecule has 0 bridgehead atoms. The van der Waals surface area contributed by atoms with E-state index in [1.165, 1.54) is 6.42 Å². The van der Waals surface area contributed by atoms with Gasteiger partial charge >= 0.3 is 0 Å². The maximum absolute atomic E-state index is 6.67. The van der Waals surface area contributed by atoms with E-state index < -0.39 is 0 Å². The zero-order chi connectivity index (χ0) is 20.9. The normalized spacial score (nSPS) is 17.3. The molecular weight excluding hydrogens is 435 g/mol. The summed E-state index contributed by atoms with van der Waals surface area (Å²) in [5, 5.41) is 2.03. The molecule has 0 spiro atoms. The summed E-state index contributed by atoms with van der Waals surface area (Å²) in [6.07, 6.45) is 5.80. The second-order valence-corrected chi connectivity index (χ2v) is 8.85. The molecule has 0 aliphatic carbocycles. The minimum atomic E-state index is 0.623. The fourth-order valence-corrected chi connectivity index (χ4v) is 4.75. The number of rotatable bonds is 2. The monoisotopic (exact) mass is 460 g/mol. The van der Waals surface area contributed by atoms with Crippen molar-refractivity contribution in [3.05, 3.63) is 58.6 Å². The van der Waals surface area contributed by atoms with Gasteiger partial charge in [0.1, 0.15) is 0 Å². The Hall–Kier alpha value is -1.82. The number of hydrogen-bond donors (Lipinski definition) is 0. The third-order valence-electron chi connectivity index (χ3n) is 5.57. The number of para-hydroxylation sites is 2. The topological polar surface area (TPSA) is 22.1 Å². The molecule has 2 aromatic carbocycles. The van der Waals surface area contributed by atoms with Crippen LogP contribution in [0.15, 0.2) is 53.5 Å². The number of piperidine rings is 1. The van der Waals surface area contributed by atoms with Crippen molar-refractivity contribution in [2.24, 2.45) is 4.99 Å². The molecule has 2 aromatic rings. The molecule has 4 nitrogen and oxygen atoms in total. The molecule has 2 aliphatic heterocycles. The lowest BCUT2D eigenvalue weighted by molar-refractivity contribution is 0.338. The molecule has 0 saturated carbocycles. The van der Waals surface area contributed by atoms with Crippen LogP contribution < -0.4 is 4.90 Å². The smallest absolute Gasteiger partial charge is 0.213 e. The van der Waals surface area contributed by atoms with Gasteiger partial charge in [-0.2, -0.15) is 0 Å². The lowest BCUT2D eigenvalue weighted by Gasteiger charge is -2.39. The highest BCUT2D eigenvalue weighted by molar-refractivity contribution is 7.80. The van der Waals surface area contributed by atoms with E-state index >= 15 is 0 Å². The fourth-order valence-electron chi connectivity index (χ4n) is 3.99. The van der Waals surface area contributed by atoms with Crippen molar-refractivity contribution in [1.29, 1.82) is 0 Å². The summed E-state index contributed by atoms with van der Waals surface area (Å²) in [5.41, 5.74) is 1.59. The van der Waals surface area contributed by atoms with E-state index in [0.717, 1.165) is 74.3 Å². The predicted octanol–water partition coefficient (Wildman–Crippen LogP) is 6.35. The summed E-state index contributed by atoms with van der Waals surface area (Å²) >= 11 is 19.2. The quantitative estimate of drug-likeness (QED) is 0.295. The van der Waals surface area contributed by atoms with E-state index in [-0.39, 0.29) is 0 Å². The van der Waals surface area contributed by atoms with E-state index in [2.05, 4.69) is 14.7 Å². The molecule has 30 heavy (non-hydrogen) atoms. The van der Waals surface area contributed by atoms with Crippen molar-refractivity contribution >= 4 is 57.9 Å². The molecule has 0 radical (unpaired) electrons. The van der Waals surface area contributed by atoms with Crippen LogP contribution in [0, 0.1) is 0 Å². The second kappa shape index (κ2) is 9.99. The van der Waals surface area contributed by atoms with Crippen molar-refractivity contribution < 1.29 is 0 Å². The summed E-state index contributed by atoms with van der Waals surface area (Å²) in [6.45, 7) is 3.79. The van der Waals surface area contributed by atoms with Gasteiger partial charge in [-0.15, -0.1) is 0 Å². The lowest BCUT2D eigenvalue weighted by Crippen LogP contribution is -2.53. The Kier molecular flexibility index (Phi) is 7.13. The van der Waals surface area contributed by atoms with E-state index in [1.807, 2.05) is 48.5 Å². The number of halogens is 2. The molecule has 2 heterocycles. The zero-order valence-electron chi connectivity index (χ0n) is 16.9. The van der Waals surface area contributed by atoms with Gasteiger partial charge in [0, 0.05) is 26.2 Å². The Bertz CT molecular complexity index is 921. The Morgan fingerprint density at radius 3 is 2.00 bits per heavy atom. The Morgan fingerprint density at radius 2 is 1.33 bits per heavy atom. The van der Waals surface area contributed by atoms with Gasteiger partial charge in [0.15, 0.2) is 5.11 Å². The molecule has 0 aromatic heterocycles. The first-order valence-corrected chi connectivity index (χ1v) is 11.7. The maximum Gasteiger partial charge on any atom is 0.213 e. The third-order valence-corrected chi connectivity index (χ3v) is 6.65. The van der Waals surface area contributed by atoms with Crippen LogP contribution in [0.2, 0.25) is 10.0 Å². The fraction of sp³-hybridized carbons (Fsp3) is 0.391. The first-order chi connectivity index (χ1) is 14.6. The van der Waals surface area contributed by atoms with Crippen molar-refractivity contribution in [1.82, 2.24) is 9.80 Å². The largest absolute Gasteiger partial charge is 0.348 e. The van der Waals surface area contributed by atoms with Crippen molar-refractivity contribution in [3.63, 3.8) is 0 Å². The number of guanidine groups is 1. The third kappa shape index (κ3) is 4.74. The van der Waals surface area contributed by atoms with Gasteiger partial charge in [-0.25, -0.2) is 4.99 Å². The van der Waals surface area contributed by atoms with Gasteiger partial charge in [-0.05, 0) is 68.6 Å². The minimum Gasteiger partial charge on any atom is -0.348 e. The first-order valence-electron chi connectivity index (χ1n) is 10.6. The van der Waals surface area contributed by atoms with Crippen LogP contribution in [0.4, 0.5) is 11.4 Å². The van der Waals surface area contributed by atoms with E-state index in [1.54, 1.807) is 0 Å². The van der Waals surface area contributed by atoms with Crippen molar-refractivity contribution in [2.45, 2.75) is 32.1 Å². The van der Waals surface area contributed by atoms with Crippen LogP contribution in [-0.4, -0.2) is 47.1 Å². The lowest BCUT2D eigenvalue weighted by atomic mass is 10.1. The number of benzene rings is 2. The molecule has 0 N–H and O–H groups in total. The SMILES string of the molecule is S=C(N1CCCC1)N(C(=Nc1ccccc1Cl)N1CCCCC1)c1ccccc1Cl. The number of anilines is 1. The molecule has 0 amide bonds. The van der Waals surface area contributed by atoms with E-state index in [9.17, 15) is 0 Å². The van der Waals surface area contributed by atoms with Crippen LogP contribution in [-0.2, 0) is 0 Å². The van der Waals surface area contributed by atoms with Crippen LogP contribution in [0.1, 0.15) is 32.1 Å². The number of nitrogens with zero attached hydrogens (tertiary/aromatic N) is 4. The number of thiocarbonyl (C=S) groups is 1. The molecule has 2 fully saturated rings. The van der Waals surface area contributed by atoms with Crippen molar-refractivity contribution in [2.75, 3.05) is 31.1 Å². The van der Waals surface area contributed by atoms with Gasteiger partial charge in [-0.1, -0.05) is 47.5 Å². The molecular formula is C23H26Cl2N4S. The average molecular weight is 461 g/mol. The second-order valence-electron chi connectivity index (χ2n) is 7.67. The molecule has 0 atom stereocenters. The zero-order valence-corrected chi connectivity index (χ0v) is 19.3. The molecule has 2 aliphatic rings. The highest BCUT2D eigenvalue weighted by atomic mass is 35.5. The van der Waals surface area contributed by atoms with Crippen LogP contribution in [0.3, 0.4) is 0 Å². The Labute approximate surface area is 194 Å². The highest BCUT2D eigenvalue weighted by Crippen LogP contribution is 2.31. The van der Waals surface area contributed by atoms with E-state index in [0.29, 0.717) is 10.0 Å². The molecule has 2 saturated heterocycles. The molecule has 0 unspecified atom stereocenters. The Morgan fingerprint density at radius 1 is 0.767 bits per heavy atom. The van der Waals surface area contributed by atoms with E-state index in [4.69, 9.17) is 40.4 Å². The molecule has 4 rings (SSSR count).